The van der Waals surface area contributed by atoms with Crippen molar-refractivity contribution in [2.24, 2.45) is 0 Å². The zero-order valence-electron chi connectivity index (χ0n) is 52.0. The first kappa shape index (κ1) is 75.1. The molecule has 0 aliphatic heterocycles. The van der Waals surface area contributed by atoms with Crippen LogP contribution in [0.15, 0.2) is 36.5 Å². The SMILES string of the molecule is CCCCCCCCCCCCCCCCCCCCCCCC/C=C/C(O)C(CO)NC(=O)CCCCCCCCCCCC/C=C\C=C/CCCCCOC(=O)CCCCCCCCCCCCCCCCCCC. The Hall–Kier alpha value is -1.92. The number of unbranched alkanes of at least 4 members (excludes halogenated alkanes) is 51. The smallest absolute Gasteiger partial charge is 0.305 e. The van der Waals surface area contributed by atoms with E-state index >= 15 is 0 Å². The molecule has 0 radical (unpaired) electrons. The maximum absolute atomic E-state index is 12.5. The summed E-state index contributed by atoms with van der Waals surface area (Å²) in [7, 11) is 0. The molecule has 3 N–H and O–H groups in total. The second-order valence-electron chi connectivity index (χ2n) is 23.9. The van der Waals surface area contributed by atoms with E-state index in [1.54, 1.807) is 6.08 Å². The van der Waals surface area contributed by atoms with Crippen LogP contribution in [0.2, 0.25) is 0 Å². The molecule has 0 rings (SSSR count). The number of rotatable bonds is 65. The quantitative estimate of drug-likeness (QED) is 0.0244. The molecule has 454 valence electrons. The number of allylic oxidation sites excluding steroid dienone is 5. The Morgan fingerprint density at radius 1 is 0.364 bits per heavy atom. The van der Waals surface area contributed by atoms with Crippen molar-refractivity contribution in [3.8, 4) is 0 Å². The lowest BCUT2D eigenvalue weighted by molar-refractivity contribution is -0.143. The van der Waals surface area contributed by atoms with Crippen LogP contribution in [0.1, 0.15) is 380 Å². The summed E-state index contributed by atoms with van der Waals surface area (Å²) >= 11 is 0. The van der Waals surface area contributed by atoms with Crippen LogP contribution in [0.3, 0.4) is 0 Å². The second-order valence-corrected chi connectivity index (χ2v) is 23.9. The molecule has 0 spiro atoms. The monoisotopic (exact) mass is 1080 g/mol. The highest BCUT2D eigenvalue weighted by Crippen LogP contribution is 2.18. The highest BCUT2D eigenvalue weighted by Gasteiger charge is 2.18. The van der Waals surface area contributed by atoms with Gasteiger partial charge in [0.25, 0.3) is 0 Å². The molecule has 2 atom stereocenters. The topological polar surface area (TPSA) is 95.9 Å². The third-order valence-corrected chi connectivity index (χ3v) is 16.2. The van der Waals surface area contributed by atoms with Crippen molar-refractivity contribution in [3.05, 3.63) is 36.5 Å². The number of hydrogen-bond donors (Lipinski definition) is 3. The number of carbonyl (C=O) groups is 2. The van der Waals surface area contributed by atoms with Crippen molar-refractivity contribution in [1.82, 2.24) is 5.32 Å². The molecule has 0 saturated heterocycles. The van der Waals surface area contributed by atoms with Gasteiger partial charge in [-0.1, -0.05) is 339 Å². The predicted molar refractivity (Wildman–Crippen MR) is 338 cm³/mol. The van der Waals surface area contributed by atoms with E-state index in [1.807, 2.05) is 6.08 Å². The van der Waals surface area contributed by atoms with Gasteiger partial charge in [0, 0.05) is 12.8 Å². The second kappa shape index (κ2) is 66.6. The molecule has 0 saturated carbocycles. The number of amides is 1. The summed E-state index contributed by atoms with van der Waals surface area (Å²) in [5.41, 5.74) is 0. The molecule has 6 heteroatoms. The standard InChI is InChI=1S/C71H135NO5/c1-3-5-7-9-11-13-15-17-19-21-22-23-24-25-26-28-32-35-39-43-47-51-55-59-63-69(74)68(67-73)72-70(75)64-60-56-52-48-44-40-36-33-29-27-30-34-38-42-46-50-54-58-62-66-77-71(76)65-61-57-53-49-45-41-37-31-20-18-16-14-12-10-8-6-4-2/h34,38,42,46,59,63,68-69,73-74H,3-33,35-37,39-41,43-45,47-58,60-62,64-67H2,1-2H3,(H,72,75)/b38-34-,46-42-,63-59+. The van der Waals surface area contributed by atoms with Gasteiger partial charge in [0.1, 0.15) is 0 Å². The number of nitrogens with one attached hydrogen (secondary N) is 1. The van der Waals surface area contributed by atoms with E-state index in [2.05, 4.69) is 43.5 Å². The summed E-state index contributed by atoms with van der Waals surface area (Å²) < 4.78 is 5.47. The molecule has 0 aromatic rings. The van der Waals surface area contributed by atoms with Crippen molar-refractivity contribution >= 4 is 11.9 Å². The lowest BCUT2D eigenvalue weighted by Crippen LogP contribution is -2.45. The molecule has 0 fully saturated rings. The normalized spacial score (nSPS) is 12.7. The number of hydrogen-bond acceptors (Lipinski definition) is 5. The van der Waals surface area contributed by atoms with E-state index < -0.39 is 12.1 Å². The largest absolute Gasteiger partial charge is 0.466 e. The minimum absolute atomic E-state index is 0.00948. The molecular formula is C71H135NO5. The van der Waals surface area contributed by atoms with E-state index in [-0.39, 0.29) is 18.5 Å². The first-order chi connectivity index (χ1) is 38.0. The first-order valence-electron chi connectivity index (χ1n) is 34.8. The van der Waals surface area contributed by atoms with Gasteiger partial charge < -0.3 is 20.3 Å². The molecule has 0 aromatic carbocycles. The van der Waals surface area contributed by atoms with Crippen molar-refractivity contribution in [2.75, 3.05) is 13.2 Å². The number of aliphatic hydroxyl groups excluding tert-OH is 2. The Morgan fingerprint density at radius 2 is 0.636 bits per heavy atom. The van der Waals surface area contributed by atoms with Crippen LogP contribution >= 0.6 is 0 Å². The van der Waals surface area contributed by atoms with Crippen LogP contribution in [0.25, 0.3) is 0 Å². The summed E-state index contributed by atoms with van der Waals surface area (Å²) in [6, 6.07) is -0.637. The highest BCUT2D eigenvalue weighted by atomic mass is 16.5. The summed E-state index contributed by atoms with van der Waals surface area (Å²) in [5, 5.41) is 23.3. The Labute approximate surface area is 481 Å². The van der Waals surface area contributed by atoms with Crippen LogP contribution in [-0.2, 0) is 14.3 Å². The van der Waals surface area contributed by atoms with E-state index in [1.165, 1.54) is 276 Å². The number of esters is 1. The van der Waals surface area contributed by atoms with Gasteiger partial charge in [0.05, 0.1) is 25.4 Å². The van der Waals surface area contributed by atoms with Gasteiger partial charge in [-0.2, -0.15) is 0 Å². The lowest BCUT2D eigenvalue weighted by Gasteiger charge is -2.20. The third kappa shape index (κ3) is 63.1. The van der Waals surface area contributed by atoms with E-state index in [9.17, 15) is 19.8 Å². The Kier molecular flexibility index (Phi) is 64.9. The van der Waals surface area contributed by atoms with E-state index in [0.29, 0.717) is 19.4 Å². The Bertz CT molecular complexity index is 1250. The van der Waals surface area contributed by atoms with Gasteiger partial charge in [0.15, 0.2) is 0 Å². The van der Waals surface area contributed by atoms with Gasteiger partial charge >= 0.3 is 5.97 Å². The summed E-state index contributed by atoms with van der Waals surface area (Å²) in [6.07, 6.45) is 85.0. The van der Waals surface area contributed by atoms with Gasteiger partial charge in [0.2, 0.25) is 5.91 Å². The molecule has 1 amide bonds. The van der Waals surface area contributed by atoms with Gasteiger partial charge in [-0.05, 0) is 64.2 Å². The van der Waals surface area contributed by atoms with Crippen LogP contribution in [0.4, 0.5) is 0 Å². The fourth-order valence-electron chi connectivity index (χ4n) is 10.9. The molecule has 2 unspecified atom stereocenters. The third-order valence-electron chi connectivity index (χ3n) is 16.2. The summed E-state index contributed by atoms with van der Waals surface area (Å²) in [4.78, 5) is 24.6. The maximum atomic E-state index is 12.5. The Morgan fingerprint density at radius 3 is 0.961 bits per heavy atom. The van der Waals surface area contributed by atoms with Crippen LogP contribution in [0, 0.1) is 0 Å². The Balaban J connectivity index is 3.48. The highest BCUT2D eigenvalue weighted by molar-refractivity contribution is 5.76. The zero-order chi connectivity index (χ0) is 55.7. The lowest BCUT2D eigenvalue weighted by atomic mass is 10.0. The summed E-state index contributed by atoms with van der Waals surface area (Å²) in [5.74, 6) is -0.0836. The molecule has 0 aliphatic rings. The van der Waals surface area contributed by atoms with Crippen LogP contribution < -0.4 is 5.32 Å². The molecule has 0 aromatic heterocycles. The van der Waals surface area contributed by atoms with Crippen molar-refractivity contribution in [1.29, 1.82) is 0 Å². The molecule has 0 bridgehead atoms. The minimum atomic E-state index is -0.853. The zero-order valence-corrected chi connectivity index (χ0v) is 52.0. The van der Waals surface area contributed by atoms with Crippen molar-refractivity contribution in [2.45, 2.75) is 392 Å². The number of carbonyl (C=O) groups excluding carboxylic acids is 2. The predicted octanol–water partition coefficient (Wildman–Crippen LogP) is 22.3. The number of ether oxygens (including phenoxy) is 1. The molecule has 0 aliphatic carbocycles. The van der Waals surface area contributed by atoms with Crippen LogP contribution in [-0.4, -0.2) is 47.4 Å². The van der Waals surface area contributed by atoms with Crippen molar-refractivity contribution in [3.63, 3.8) is 0 Å². The van der Waals surface area contributed by atoms with Gasteiger partial charge in [-0.15, -0.1) is 0 Å². The molecule has 6 nitrogen and oxygen atoms in total. The molecule has 77 heavy (non-hydrogen) atoms. The minimum Gasteiger partial charge on any atom is -0.466 e. The fraction of sp³-hybridized carbons (Fsp3) is 0.887. The van der Waals surface area contributed by atoms with E-state index in [4.69, 9.17) is 4.74 Å². The van der Waals surface area contributed by atoms with Crippen LogP contribution in [0.5, 0.6) is 0 Å². The maximum Gasteiger partial charge on any atom is 0.305 e. The molecule has 0 heterocycles. The fourth-order valence-corrected chi connectivity index (χ4v) is 10.9. The van der Waals surface area contributed by atoms with Gasteiger partial charge in [-0.25, -0.2) is 0 Å². The average molecular weight is 1080 g/mol. The van der Waals surface area contributed by atoms with Gasteiger partial charge in [-0.3, -0.25) is 9.59 Å². The molecular weight excluding hydrogens is 947 g/mol. The van der Waals surface area contributed by atoms with Crippen molar-refractivity contribution < 1.29 is 24.5 Å². The number of aliphatic hydroxyl groups is 2. The van der Waals surface area contributed by atoms with E-state index in [0.717, 1.165) is 77.0 Å². The average Bonchev–Trinajstić information content (AvgIpc) is 3.43. The first-order valence-corrected chi connectivity index (χ1v) is 34.8. The summed E-state index contributed by atoms with van der Waals surface area (Å²) in [6.45, 7) is 4.90.